The number of nitrogens with one attached hydrogen (secondary N) is 1. The van der Waals surface area contributed by atoms with Gasteiger partial charge in [-0.1, -0.05) is 12.1 Å². The first-order valence-corrected chi connectivity index (χ1v) is 8.86. The summed E-state index contributed by atoms with van der Waals surface area (Å²) in [7, 11) is 0. The van der Waals surface area contributed by atoms with Crippen LogP contribution in [0.25, 0.3) is 28.3 Å². The topological polar surface area (TPSA) is 98.2 Å². The number of carbonyl (C=O) groups excluding carboxylic acids is 1. The molecule has 1 amide bonds. The van der Waals surface area contributed by atoms with E-state index in [0.717, 1.165) is 16.8 Å². The minimum Gasteiger partial charge on any atom is -0.459 e. The summed E-state index contributed by atoms with van der Waals surface area (Å²) in [5.41, 5.74) is 3.66. The molecule has 140 valence electrons. The van der Waals surface area contributed by atoms with E-state index in [1.807, 2.05) is 48.5 Å². The molecule has 8 heteroatoms. The third-order valence-electron chi connectivity index (χ3n) is 4.34. The Morgan fingerprint density at radius 1 is 0.966 bits per heavy atom. The maximum atomic E-state index is 12.2. The number of carbonyl (C=O) groups is 1. The first kappa shape index (κ1) is 16.8. The van der Waals surface area contributed by atoms with E-state index in [1.54, 1.807) is 29.0 Å². The number of benzene rings is 1. The van der Waals surface area contributed by atoms with Gasteiger partial charge in [0.15, 0.2) is 17.2 Å². The second-order valence-corrected chi connectivity index (χ2v) is 6.27. The van der Waals surface area contributed by atoms with Crippen molar-refractivity contribution in [2.24, 2.45) is 0 Å². The van der Waals surface area contributed by atoms with Gasteiger partial charge < -0.3 is 9.73 Å². The molecule has 0 aliphatic carbocycles. The SMILES string of the molecule is O=C(Nc1cccc(-c2ccc3nnc(-c4cccnc4)n3n2)c1)c1ccco1. The van der Waals surface area contributed by atoms with Crippen LogP contribution in [-0.2, 0) is 0 Å². The number of hydrogen-bond acceptors (Lipinski definition) is 6. The summed E-state index contributed by atoms with van der Waals surface area (Å²) in [5, 5.41) is 15.9. The van der Waals surface area contributed by atoms with Gasteiger partial charge in [-0.05, 0) is 48.5 Å². The summed E-state index contributed by atoms with van der Waals surface area (Å²) < 4.78 is 6.81. The minimum atomic E-state index is -0.312. The van der Waals surface area contributed by atoms with Crippen LogP contribution in [0.4, 0.5) is 5.69 Å². The van der Waals surface area contributed by atoms with Crippen LogP contribution in [0.15, 0.2) is 83.7 Å². The molecule has 0 atom stereocenters. The van der Waals surface area contributed by atoms with Crippen molar-refractivity contribution in [1.29, 1.82) is 0 Å². The van der Waals surface area contributed by atoms with Crippen molar-refractivity contribution in [3.63, 3.8) is 0 Å². The Bertz CT molecular complexity index is 1300. The zero-order valence-electron chi connectivity index (χ0n) is 15.1. The highest BCUT2D eigenvalue weighted by atomic mass is 16.3. The third kappa shape index (κ3) is 3.23. The Kier molecular flexibility index (Phi) is 4.06. The molecular weight excluding hydrogens is 368 g/mol. The van der Waals surface area contributed by atoms with Crippen LogP contribution in [-0.4, -0.2) is 30.7 Å². The average Bonchev–Trinajstić information content (AvgIpc) is 3.44. The van der Waals surface area contributed by atoms with E-state index in [-0.39, 0.29) is 11.7 Å². The molecule has 29 heavy (non-hydrogen) atoms. The Hall–Kier alpha value is -4.33. The van der Waals surface area contributed by atoms with Crippen molar-refractivity contribution >= 4 is 17.2 Å². The highest BCUT2D eigenvalue weighted by molar-refractivity contribution is 6.02. The zero-order valence-corrected chi connectivity index (χ0v) is 15.1. The number of rotatable bonds is 4. The summed E-state index contributed by atoms with van der Waals surface area (Å²) in [6.07, 6.45) is 4.88. The van der Waals surface area contributed by atoms with Crippen molar-refractivity contribution in [3.8, 4) is 22.6 Å². The molecule has 0 bridgehead atoms. The van der Waals surface area contributed by atoms with E-state index in [9.17, 15) is 4.79 Å². The molecule has 5 rings (SSSR count). The quantitative estimate of drug-likeness (QED) is 0.509. The van der Waals surface area contributed by atoms with Crippen LogP contribution in [0, 0.1) is 0 Å². The van der Waals surface area contributed by atoms with Gasteiger partial charge >= 0.3 is 0 Å². The van der Waals surface area contributed by atoms with Gasteiger partial charge in [0, 0.05) is 29.2 Å². The van der Waals surface area contributed by atoms with Crippen molar-refractivity contribution in [3.05, 3.63) is 85.1 Å². The summed E-state index contributed by atoms with van der Waals surface area (Å²) >= 11 is 0. The van der Waals surface area contributed by atoms with E-state index in [4.69, 9.17) is 4.42 Å². The van der Waals surface area contributed by atoms with E-state index in [1.165, 1.54) is 6.26 Å². The van der Waals surface area contributed by atoms with Gasteiger partial charge in [-0.2, -0.15) is 9.61 Å². The van der Waals surface area contributed by atoms with Gasteiger partial charge in [-0.3, -0.25) is 9.78 Å². The Morgan fingerprint density at radius 2 is 1.90 bits per heavy atom. The zero-order chi connectivity index (χ0) is 19.6. The van der Waals surface area contributed by atoms with Gasteiger partial charge in [-0.15, -0.1) is 10.2 Å². The molecule has 0 fully saturated rings. The van der Waals surface area contributed by atoms with E-state index in [2.05, 4.69) is 25.6 Å². The first-order valence-electron chi connectivity index (χ1n) is 8.86. The molecule has 5 aromatic rings. The molecule has 0 spiro atoms. The lowest BCUT2D eigenvalue weighted by Gasteiger charge is -2.07. The number of furan rings is 1. The van der Waals surface area contributed by atoms with Gasteiger partial charge in [-0.25, -0.2) is 0 Å². The predicted octanol–water partition coefficient (Wildman–Crippen LogP) is 3.70. The number of pyridine rings is 1. The highest BCUT2D eigenvalue weighted by Crippen LogP contribution is 2.23. The van der Waals surface area contributed by atoms with Crippen molar-refractivity contribution in [2.75, 3.05) is 5.32 Å². The molecular formula is C21H14N6O2. The summed E-state index contributed by atoms with van der Waals surface area (Å²) in [6.45, 7) is 0. The Balaban J connectivity index is 1.50. The molecule has 0 saturated carbocycles. The largest absolute Gasteiger partial charge is 0.459 e. The normalized spacial score (nSPS) is 10.9. The maximum absolute atomic E-state index is 12.2. The highest BCUT2D eigenvalue weighted by Gasteiger charge is 2.12. The lowest BCUT2D eigenvalue weighted by molar-refractivity contribution is 0.0996. The third-order valence-corrected chi connectivity index (χ3v) is 4.34. The lowest BCUT2D eigenvalue weighted by Crippen LogP contribution is -2.10. The van der Waals surface area contributed by atoms with Crippen LogP contribution in [0.5, 0.6) is 0 Å². The first-order chi connectivity index (χ1) is 14.3. The molecule has 0 radical (unpaired) electrons. The molecule has 1 N–H and O–H groups in total. The van der Waals surface area contributed by atoms with Crippen LogP contribution in [0.3, 0.4) is 0 Å². The summed E-state index contributed by atoms with van der Waals surface area (Å²) in [6, 6.07) is 18.2. The van der Waals surface area contributed by atoms with Gasteiger partial charge in [0.1, 0.15) is 0 Å². The van der Waals surface area contributed by atoms with Crippen molar-refractivity contribution in [2.45, 2.75) is 0 Å². The predicted molar refractivity (Wildman–Crippen MR) is 106 cm³/mol. The smallest absolute Gasteiger partial charge is 0.291 e. The van der Waals surface area contributed by atoms with Crippen molar-refractivity contribution in [1.82, 2.24) is 24.8 Å². The second kappa shape index (κ2) is 7.01. The standard InChI is InChI=1S/C21H14N6O2/c28-21(18-7-3-11-29-18)23-16-6-1-4-14(12-16)17-8-9-19-24-25-20(27(19)26-17)15-5-2-10-22-13-15/h1-13H,(H,23,28). The average molecular weight is 382 g/mol. The maximum Gasteiger partial charge on any atom is 0.291 e. The Morgan fingerprint density at radius 3 is 2.72 bits per heavy atom. The molecule has 8 nitrogen and oxygen atoms in total. The number of nitrogens with zero attached hydrogens (tertiary/aromatic N) is 5. The summed E-state index contributed by atoms with van der Waals surface area (Å²) in [4.78, 5) is 16.3. The van der Waals surface area contributed by atoms with Crippen LogP contribution in [0.1, 0.15) is 10.6 Å². The second-order valence-electron chi connectivity index (χ2n) is 6.27. The molecule has 0 aliphatic rings. The van der Waals surface area contributed by atoms with E-state index >= 15 is 0 Å². The lowest BCUT2D eigenvalue weighted by atomic mass is 10.1. The molecule has 4 aromatic heterocycles. The van der Waals surface area contributed by atoms with E-state index < -0.39 is 0 Å². The minimum absolute atomic E-state index is 0.251. The number of aromatic nitrogens is 5. The molecule has 0 aliphatic heterocycles. The fourth-order valence-electron chi connectivity index (χ4n) is 2.97. The fraction of sp³-hybridized carbons (Fsp3) is 0. The van der Waals surface area contributed by atoms with Gasteiger partial charge in [0.05, 0.1) is 12.0 Å². The number of anilines is 1. The number of amides is 1. The molecule has 0 unspecified atom stereocenters. The molecule has 0 saturated heterocycles. The van der Waals surface area contributed by atoms with Gasteiger partial charge in [0.25, 0.3) is 5.91 Å². The van der Waals surface area contributed by atoms with Crippen molar-refractivity contribution < 1.29 is 9.21 Å². The monoisotopic (exact) mass is 382 g/mol. The molecule has 4 heterocycles. The van der Waals surface area contributed by atoms with Crippen LogP contribution in [0.2, 0.25) is 0 Å². The van der Waals surface area contributed by atoms with Gasteiger partial charge in [0.2, 0.25) is 0 Å². The van der Waals surface area contributed by atoms with Crippen LogP contribution < -0.4 is 5.32 Å². The number of fused-ring (bicyclic) bond motifs is 1. The fourth-order valence-corrected chi connectivity index (χ4v) is 2.97. The summed E-state index contributed by atoms with van der Waals surface area (Å²) in [5.74, 6) is 0.547. The Labute approximate surface area is 164 Å². The number of hydrogen-bond donors (Lipinski definition) is 1. The van der Waals surface area contributed by atoms with E-state index in [0.29, 0.717) is 17.2 Å². The molecule has 1 aromatic carbocycles. The van der Waals surface area contributed by atoms with Crippen LogP contribution >= 0.6 is 0 Å².